The average molecular weight is 427 g/mol. The fourth-order valence-corrected chi connectivity index (χ4v) is 4.05. The molecular weight excluding hydrogens is 396 g/mol. The van der Waals surface area contributed by atoms with E-state index in [-0.39, 0.29) is 18.1 Å². The number of carbonyl (C=O) groups is 3. The van der Waals surface area contributed by atoms with Gasteiger partial charge in [0, 0.05) is 49.2 Å². The van der Waals surface area contributed by atoms with Crippen molar-refractivity contribution in [1.82, 2.24) is 15.1 Å². The van der Waals surface area contributed by atoms with E-state index in [0.29, 0.717) is 36.5 Å². The summed E-state index contributed by atoms with van der Waals surface area (Å²) in [5.74, 6) is -0.982. The van der Waals surface area contributed by atoms with Crippen molar-refractivity contribution in [3.05, 3.63) is 47.4 Å². The Balaban J connectivity index is 1.65. The summed E-state index contributed by atoms with van der Waals surface area (Å²) in [7, 11) is 1.54. The molecule has 1 saturated heterocycles. The summed E-state index contributed by atoms with van der Waals surface area (Å²) in [6.45, 7) is 6.77. The minimum absolute atomic E-state index is 0.0495. The van der Waals surface area contributed by atoms with Gasteiger partial charge in [-0.1, -0.05) is 25.2 Å². The van der Waals surface area contributed by atoms with E-state index in [9.17, 15) is 14.4 Å². The minimum Gasteiger partial charge on any atom is -0.500 e. The normalized spacial score (nSPS) is 25.7. The smallest absolute Gasteiger partial charge is 0.295 e. The van der Waals surface area contributed by atoms with Crippen LogP contribution in [0, 0.1) is 5.92 Å². The molecule has 2 amide bonds. The molecule has 0 aromatic rings. The van der Waals surface area contributed by atoms with Crippen LogP contribution in [0.5, 0.6) is 0 Å². The fourth-order valence-electron chi connectivity index (χ4n) is 4.05. The maximum Gasteiger partial charge on any atom is 0.295 e. The lowest BCUT2D eigenvalue weighted by Crippen LogP contribution is -2.57. The van der Waals surface area contributed by atoms with Crippen molar-refractivity contribution in [2.75, 3.05) is 26.7 Å². The molecule has 0 saturated carbocycles. The van der Waals surface area contributed by atoms with Crippen molar-refractivity contribution >= 4 is 23.8 Å². The van der Waals surface area contributed by atoms with Gasteiger partial charge in [-0.05, 0) is 26.3 Å². The summed E-state index contributed by atoms with van der Waals surface area (Å²) < 4.78 is 5.39. The van der Waals surface area contributed by atoms with Gasteiger partial charge >= 0.3 is 0 Å². The van der Waals surface area contributed by atoms with E-state index in [1.165, 1.54) is 7.11 Å². The number of hydrogen-bond donors (Lipinski definition) is 1. The van der Waals surface area contributed by atoms with E-state index in [2.05, 4.69) is 10.3 Å². The molecule has 1 N–H and O–H groups in total. The van der Waals surface area contributed by atoms with E-state index in [4.69, 9.17) is 4.74 Å². The van der Waals surface area contributed by atoms with Crippen LogP contribution in [0.3, 0.4) is 0 Å². The van der Waals surface area contributed by atoms with Gasteiger partial charge in [0.2, 0.25) is 11.7 Å². The largest absolute Gasteiger partial charge is 0.500 e. The van der Waals surface area contributed by atoms with Crippen LogP contribution in [0.15, 0.2) is 52.4 Å². The number of Topliss-reactive ketones (excluding diaryl/α,β-unsaturated/α-hetero) is 1. The van der Waals surface area contributed by atoms with Crippen molar-refractivity contribution in [3.63, 3.8) is 0 Å². The Labute approximate surface area is 183 Å². The van der Waals surface area contributed by atoms with Crippen molar-refractivity contribution in [2.24, 2.45) is 10.9 Å². The SMILES string of the molecule is CC/C=C\C=C(/C)C(=O)N1CCN(C(=O)C(=O)C2=CNC3N=CC=C(OC)[C@@H]23)[C@H](C)C1. The van der Waals surface area contributed by atoms with Crippen LogP contribution in [-0.2, 0) is 19.1 Å². The Bertz CT molecular complexity index is 899. The average Bonchev–Trinajstić information content (AvgIpc) is 3.22. The van der Waals surface area contributed by atoms with Crippen molar-refractivity contribution in [2.45, 2.75) is 39.4 Å². The molecule has 1 unspecified atom stereocenters. The zero-order chi connectivity index (χ0) is 22.5. The van der Waals surface area contributed by atoms with E-state index in [1.807, 2.05) is 26.0 Å². The minimum atomic E-state index is -0.563. The van der Waals surface area contributed by atoms with Gasteiger partial charge in [0.15, 0.2) is 0 Å². The maximum atomic E-state index is 13.0. The predicted octanol–water partition coefficient (Wildman–Crippen LogP) is 1.57. The molecule has 8 nitrogen and oxygen atoms in total. The third kappa shape index (κ3) is 4.62. The van der Waals surface area contributed by atoms with Gasteiger partial charge in [-0.3, -0.25) is 19.4 Å². The molecular formula is C23H30N4O4. The second kappa shape index (κ2) is 9.76. The van der Waals surface area contributed by atoms with Gasteiger partial charge in [-0.15, -0.1) is 0 Å². The molecule has 31 heavy (non-hydrogen) atoms. The molecule has 1 fully saturated rings. The molecule has 3 rings (SSSR count). The molecule has 0 radical (unpaired) electrons. The molecule has 0 aromatic heterocycles. The van der Waals surface area contributed by atoms with Crippen LogP contribution >= 0.6 is 0 Å². The number of nitrogens with one attached hydrogen (secondary N) is 1. The molecule has 0 spiro atoms. The molecule has 3 atom stereocenters. The van der Waals surface area contributed by atoms with E-state index < -0.39 is 17.6 Å². The number of amides is 2. The van der Waals surface area contributed by atoms with Gasteiger partial charge in [-0.25, -0.2) is 0 Å². The zero-order valence-corrected chi connectivity index (χ0v) is 18.5. The number of nitrogens with zero attached hydrogens (tertiary/aromatic N) is 3. The van der Waals surface area contributed by atoms with Crippen molar-refractivity contribution < 1.29 is 19.1 Å². The molecule has 3 aliphatic rings. The number of piperazine rings is 1. The Hall–Kier alpha value is -3.16. The van der Waals surface area contributed by atoms with Crippen LogP contribution in [0.2, 0.25) is 0 Å². The Kier molecular flexibility index (Phi) is 7.09. The molecule has 166 valence electrons. The molecule has 3 aliphatic heterocycles. The topological polar surface area (TPSA) is 91.3 Å². The first-order valence-electron chi connectivity index (χ1n) is 10.6. The Morgan fingerprint density at radius 2 is 2.06 bits per heavy atom. The Morgan fingerprint density at radius 3 is 2.74 bits per heavy atom. The summed E-state index contributed by atoms with van der Waals surface area (Å²) in [6.07, 6.45) is 11.1. The maximum absolute atomic E-state index is 13.0. The summed E-state index contributed by atoms with van der Waals surface area (Å²) in [5, 5.41) is 3.04. The highest BCUT2D eigenvalue weighted by atomic mass is 16.5. The third-order valence-corrected chi connectivity index (χ3v) is 5.78. The number of dihydropyridines is 1. The van der Waals surface area contributed by atoms with E-state index >= 15 is 0 Å². The highest BCUT2D eigenvalue weighted by Crippen LogP contribution is 2.32. The van der Waals surface area contributed by atoms with Crippen LogP contribution in [0.1, 0.15) is 27.2 Å². The number of fused-ring (bicyclic) bond motifs is 1. The highest BCUT2D eigenvalue weighted by Gasteiger charge is 2.42. The summed E-state index contributed by atoms with van der Waals surface area (Å²) >= 11 is 0. The van der Waals surface area contributed by atoms with Gasteiger partial charge < -0.3 is 19.9 Å². The second-order valence-corrected chi connectivity index (χ2v) is 7.87. The van der Waals surface area contributed by atoms with Crippen LogP contribution < -0.4 is 5.32 Å². The first-order valence-corrected chi connectivity index (χ1v) is 10.6. The van der Waals surface area contributed by atoms with Gasteiger partial charge in [-0.2, -0.15) is 0 Å². The van der Waals surface area contributed by atoms with Crippen LogP contribution in [0.4, 0.5) is 0 Å². The van der Waals surface area contributed by atoms with Crippen molar-refractivity contribution in [3.8, 4) is 0 Å². The van der Waals surface area contributed by atoms with Crippen LogP contribution in [0.25, 0.3) is 0 Å². The lowest BCUT2D eigenvalue weighted by Gasteiger charge is -2.39. The number of methoxy groups -OCH3 is 1. The van der Waals surface area contributed by atoms with E-state index in [1.54, 1.807) is 41.3 Å². The number of carbonyl (C=O) groups excluding carboxylic acids is 3. The van der Waals surface area contributed by atoms with E-state index in [0.717, 1.165) is 6.42 Å². The summed E-state index contributed by atoms with van der Waals surface area (Å²) in [4.78, 5) is 46.4. The van der Waals surface area contributed by atoms with Gasteiger partial charge in [0.1, 0.15) is 11.9 Å². The zero-order valence-electron chi connectivity index (χ0n) is 18.5. The molecule has 8 heteroatoms. The monoisotopic (exact) mass is 426 g/mol. The molecule has 0 aliphatic carbocycles. The quantitative estimate of drug-likeness (QED) is 0.396. The number of rotatable bonds is 6. The predicted molar refractivity (Wildman–Crippen MR) is 118 cm³/mol. The molecule has 3 heterocycles. The first kappa shape index (κ1) is 22.5. The molecule has 0 aromatic carbocycles. The van der Waals surface area contributed by atoms with Crippen LogP contribution in [-0.4, -0.2) is 72.6 Å². The fraction of sp³-hybridized carbons (Fsp3) is 0.478. The highest BCUT2D eigenvalue weighted by molar-refractivity contribution is 6.43. The lowest BCUT2D eigenvalue weighted by molar-refractivity contribution is -0.147. The number of allylic oxidation sites excluding steroid dienone is 4. The second-order valence-electron chi connectivity index (χ2n) is 7.87. The number of ether oxygens (including phenoxy) is 1. The standard InChI is InChI=1S/C23H30N4O4/c1-5-6-7-8-15(2)22(29)26-11-12-27(16(3)14-26)23(30)20(28)17-13-25-21-19(17)18(31-4)9-10-24-21/h6-10,13,16,19,21,25H,5,11-12,14H2,1-4H3/b7-6-,15-8+/t16-,19-,21?/m1/s1. The summed E-state index contributed by atoms with van der Waals surface area (Å²) in [6, 6.07) is -0.263. The third-order valence-electron chi connectivity index (χ3n) is 5.78. The lowest BCUT2D eigenvalue weighted by atomic mass is 9.91. The number of aliphatic imine (C=N–C) groups is 1. The van der Waals surface area contributed by atoms with Gasteiger partial charge in [0.25, 0.3) is 5.91 Å². The first-order chi connectivity index (χ1) is 14.9. The van der Waals surface area contributed by atoms with Crippen molar-refractivity contribution in [1.29, 1.82) is 0 Å². The number of hydrogen-bond acceptors (Lipinski definition) is 6. The molecule has 0 bridgehead atoms. The number of ketones is 1. The Morgan fingerprint density at radius 1 is 1.29 bits per heavy atom. The summed E-state index contributed by atoms with van der Waals surface area (Å²) in [5.41, 5.74) is 1.00. The van der Waals surface area contributed by atoms with Gasteiger partial charge in [0.05, 0.1) is 13.0 Å².